The molecule has 2 aromatic heterocycles. The smallest absolute Gasteiger partial charge is 0.369 e. The van der Waals surface area contributed by atoms with E-state index in [4.69, 9.17) is 0 Å². The minimum atomic E-state index is -4.58. The Morgan fingerprint density at radius 3 is 2.58 bits per heavy atom. The average Bonchev–Trinajstić information content (AvgIpc) is 3.29. The number of anilines is 4. The van der Waals surface area contributed by atoms with Crippen molar-refractivity contribution < 1.29 is 21.6 Å². The lowest BCUT2D eigenvalue weighted by Gasteiger charge is -2.33. The summed E-state index contributed by atoms with van der Waals surface area (Å²) in [7, 11) is -2.39. The molecule has 0 aliphatic carbocycles. The third kappa shape index (κ3) is 5.99. The molecule has 0 unspecified atom stereocenters. The van der Waals surface area contributed by atoms with Crippen LogP contribution < -0.4 is 19.8 Å². The molecule has 40 heavy (non-hydrogen) atoms. The molecule has 212 valence electrons. The Labute approximate surface area is 230 Å². The van der Waals surface area contributed by atoms with Gasteiger partial charge in [0.15, 0.2) is 0 Å². The van der Waals surface area contributed by atoms with Gasteiger partial charge in [-0.3, -0.25) is 4.31 Å². The molecule has 1 fully saturated rings. The van der Waals surface area contributed by atoms with E-state index in [0.717, 1.165) is 53.7 Å². The largest absolute Gasteiger partial charge is 0.416 e. The summed E-state index contributed by atoms with van der Waals surface area (Å²) in [5.74, 6) is 0.327. The van der Waals surface area contributed by atoms with Crippen molar-refractivity contribution in [3.05, 3.63) is 72.1 Å². The van der Waals surface area contributed by atoms with Crippen LogP contribution in [0.4, 0.5) is 36.2 Å². The zero-order valence-electron chi connectivity index (χ0n) is 22.3. The molecule has 1 atom stereocenters. The summed E-state index contributed by atoms with van der Waals surface area (Å²) in [4.78, 5) is 11.3. The number of sulfonamides is 1. The van der Waals surface area contributed by atoms with Crippen LogP contribution in [-0.4, -0.2) is 61.9 Å². The Morgan fingerprint density at radius 1 is 1.15 bits per heavy atom. The first-order chi connectivity index (χ1) is 18.9. The van der Waals surface area contributed by atoms with E-state index < -0.39 is 21.8 Å². The molecule has 0 saturated carbocycles. The predicted octanol–water partition coefficient (Wildman–Crippen LogP) is 4.44. The van der Waals surface area contributed by atoms with Gasteiger partial charge in [-0.05, 0) is 61.0 Å². The Balaban J connectivity index is 1.42. The van der Waals surface area contributed by atoms with Gasteiger partial charge in [0.2, 0.25) is 16.0 Å². The second-order valence-corrected chi connectivity index (χ2v) is 12.0. The number of fused-ring (bicyclic) bond motifs is 1. The lowest BCUT2D eigenvalue weighted by molar-refractivity contribution is -0.137. The van der Waals surface area contributed by atoms with Crippen LogP contribution in [0.25, 0.3) is 11.0 Å². The van der Waals surface area contributed by atoms with E-state index in [2.05, 4.69) is 32.4 Å². The van der Waals surface area contributed by atoms with E-state index >= 15 is 0 Å². The molecule has 13 heteroatoms. The number of piperazine rings is 1. The van der Waals surface area contributed by atoms with Gasteiger partial charge < -0.3 is 20.1 Å². The highest BCUT2D eigenvalue weighted by Gasteiger charge is 2.32. The van der Waals surface area contributed by atoms with Crippen LogP contribution in [0, 0.1) is 0 Å². The summed E-state index contributed by atoms with van der Waals surface area (Å²) in [5, 5.41) is 7.32. The highest BCUT2D eigenvalue weighted by atomic mass is 32.2. The van der Waals surface area contributed by atoms with Crippen molar-refractivity contribution in [1.82, 2.24) is 19.9 Å². The number of aromatic nitrogens is 3. The van der Waals surface area contributed by atoms with Crippen molar-refractivity contribution in [1.29, 1.82) is 0 Å². The quantitative estimate of drug-likeness (QED) is 0.338. The van der Waals surface area contributed by atoms with Gasteiger partial charge in [0.05, 0.1) is 24.1 Å². The molecular formula is C27H30F3N7O2S. The number of rotatable bonds is 7. The number of hydrogen-bond donors (Lipinski definition) is 2. The van der Waals surface area contributed by atoms with Crippen molar-refractivity contribution in [3.63, 3.8) is 0 Å². The van der Waals surface area contributed by atoms with Gasteiger partial charge in [0.25, 0.3) is 0 Å². The molecule has 1 aliphatic rings. The van der Waals surface area contributed by atoms with Gasteiger partial charge in [0, 0.05) is 61.9 Å². The van der Waals surface area contributed by atoms with E-state index in [1.165, 1.54) is 13.1 Å². The van der Waals surface area contributed by atoms with E-state index in [0.29, 0.717) is 23.0 Å². The monoisotopic (exact) mass is 573 g/mol. The molecule has 4 aromatic rings. The summed E-state index contributed by atoms with van der Waals surface area (Å²) in [6, 6.07) is 13.2. The first-order valence-electron chi connectivity index (χ1n) is 12.7. The molecule has 0 radical (unpaired) electrons. The Kier molecular flexibility index (Phi) is 7.36. The van der Waals surface area contributed by atoms with Gasteiger partial charge in [-0.2, -0.15) is 18.2 Å². The molecule has 2 aromatic carbocycles. The van der Waals surface area contributed by atoms with Crippen molar-refractivity contribution in [2.75, 3.05) is 47.5 Å². The number of nitrogens with one attached hydrogen (secondary N) is 2. The van der Waals surface area contributed by atoms with Crippen LogP contribution in [-0.2, 0) is 22.7 Å². The zero-order chi connectivity index (χ0) is 28.7. The number of halogens is 3. The molecule has 0 amide bonds. The van der Waals surface area contributed by atoms with Crippen molar-refractivity contribution >= 4 is 44.1 Å². The standard InChI is InChI=1S/C27H30F3N7O2S/c1-18-16-36(13-11-31-18)23-7-5-22(6-8-23)33-26-32-15-19-10-12-37(25(19)34-26)17-20-14-21(27(28,29)30)4-9-24(20)35(2)40(3,38)39/h4-10,12,14-15,18,31H,11,13,16-17H2,1-3H3,(H,32,33,34)/t18-/m0/s1. The third-order valence-electron chi connectivity index (χ3n) is 6.94. The Morgan fingerprint density at radius 2 is 1.90 bits per heavy atom. The first-order valence-corrected chi connectivity index (χ1v) is 14.5. The normalized spacial score (nSPS) is 16.4. The van der Waals surface area contributed by atoms with Crippen LogP contribution in [0.5, 0.6) is 0 Å². The number of hydrogen-bond acceptors (Lipinski definition) is 7. The fraction of sp³-hybridized carbons (Fsp3) is 0.333. The molecule has 5 rings (SSSR count). The lowest BCUT2D eigenvalue weighted by Crippen LogP contribution is -2.49. The van der Waals surface area contributed by atoms with Gasteiger partial charge in [-0.1, -0.05) is 0 Å². The minimum absolute atomic E-state index is 0.0309. The van der Waals surface area contributed by atoms with Gasteiger partial charge in [-0.15, -0.1) is 0 Å². The topological polar surface area (TPSA) is 95.4 Å². The molecule has 2 N–H and O–H groups in total. The second kappa shape index (κ2) is 10.6. The molecule has 0 bridgehead atoms. The molecule has 0 spiro atoms. The average molecular weight is 574 g/mol. The molecule has 3 heterocycles. The van der Waals surface area contributed by atoms with Crippen LogP contribution >= 0.6 is 0 Å². The summed E-state index contributed by atoms with van der Waals surface area (Å²) in [6.45, 7) is 4.92. The highest BCUT2D eigenvalue weighted by Crippen LogP contribution is 2.34. The van der Waals surface area contributed by atoms with Crippen LogP contribution in [0.3, 0.4) is 0 Å². The van der Waals surface area contributed by atoms with Gasteiger partial charge >= 0.3 is 6.18 Å². The molecular weight excluding hydrogens is 543 g/mol. The zero-order valence-corrected chi connectivity index (χ0v) is 23.1. The maximum Gasteiger partial charge on any atom is 0.416 e. The SMILES string of the molecule is C[C@H]1CN(c2ccc(Nc3ncc4ccn(Cc5cc(C(F)(F)F)ccc5N(C)S(C)(=O)=O)c4n3)cc2)CCN1. The summed E-state index contributed by atoms with van der Waals surface area (Å²) < 4.78 is 67.5. The number of nitrogens with zero attached hydrogens (tertiary/aromatic N) is 5. The third-order valence-corrected chi connectivity index (χ3v) is 8.14. The highest BCUT2D eigenvalue weighted by molar-refractivity contribution is 7.92. The maximum atomic E-state index is 13.5. The van der Waals surface area contributed by atoms with E-state index in [-0.39, 0.29) is 17.8 Å². The molecule has 1 aliphatic heterocycles. The lowest BCUT2D eigenvalue weighted by atomic mass is 10.1. The Bertz CT molecular complexity index is 1620. The fourth-order valence-electron chi connectivity index (χ4n) is 4.77. The van der Waals surface area contributed by atoms with E-state index in [9.17, 15) is 21.6 Å². The Hall–Kier alpha value is -3.84. The predicted molar refractivity (Wildman–Crippen MR) is 151 cm³/mol. The summed E-state index contributed by atoms with van der Waals surface area (Å²) in [5.41, 5.74) is 1.89. The summed E-state index contributed by atoms with van der Waals surface area (Å²) >= 11 is 0. The van der Waals surface area contributed by atoms with E-state index in [1.807, 2.05) is 24.3 Å². The first kappa shape index (κ1) is 27.7. The van der Waals surface area contributed by atoms with Crippen molar-refractivity contribution in [2.45, 2.75) is 25.7 Å². The number of alkyl halides is 3. The number of benzene rings is 2. The van der Waals surface area contributed by atoms with Gasteiger partial charge in [-0.25, -0.2) is 13.4 Å². The van der Waals surface area contributed by atoms with Crippen LogP contribution in [0.2, 0.25) is 0 Å². The fourth-order valence-corrected chi connectivity index (χ4v) is 5.30. The maximum absolute atomic E-state index is 13.5. The van der Waals surface area contributed by atoms with Crippen molar-refractivity contribution in [2.24, 2.45) is 0 Å². The molecule has 1 saturated heterocycles. The molecule has 9 nitrogen and oxygen atoms in total. The van der Waals surface area contributed by atoms with Gasteiger partial charge in [0.1, 0.15) is 5.65 Å². The minimum Gasteiger partial charge on any atom is -0.369 e. The summed E-state index contributed by atoms with van der Waals surface area (Å²) in [6.07, 6.45) is -0.251. The van der Waals surface area contributed by atoms with Crippen LogP contribution in [0.1, 0.15) is 18.1 Å². The van der Waals surface area contributed by atoms with E-state index in [1.54, 1.807) is 23.0 Å². The van der Waals surface area contributed by atoms with Crippen molar-refractivity contribution in [3.8, 4) is 0 Å². The van der Waals surface area contributed by atoms with Crippen LogP contribution in [0.15, 0.2) is 60.9 Å². The second-order valence-electron chi connectivity index (χ2n) is 9.96.